The first-order valence-electron chi connectivity index (χ1n) is 13.5. The molecule has 2 aliphatic heterocycles. The number of piperidine rings is 2. The summed E-state index contributed by atoms with van der Waals surface area (Å²) >= 11 is 0. The predicted molar refractivity (Wildman–Crippen MR) is 120 cm³/mol. The molecule has 0 aromatic rings. The quantitative estimate of drug-likeness (QED) is 0.609. The molecular formula is C27H45NO2. The minimum atomic E-state index is -0.181. The first kappa shape index (κ1) is 20.5. The number of fused-ring (bicyclic) bond motifs is 8. The van der Waals surface area contributed by atoms with Gasteiger partial charge in [0.05, 0.1) is 12.2 Å². The highest BCUT2D eigenvalue weighted by molar-refractivity contribution is 5.12. The molecule has 1 unspecified atom stereocenters. The molecule has 0 amide bonds. The van der Waals surface area contributed by atoms with Crippen LogP contribution in [0.5, 0.6) is 0 Å². The van der Waals surface area contributed by atoms with Crippen LogP contribution in [0.15, 0.2) is 0 Å². The second-order valence-electron chi connectivity index (χ2n) is 13.1. The third kappa shape index (κ3) is 2.86. The highest BCUT2D eigenvalue weighted by Gasteiger charge is 2.62. The zero-order valence-electron chi connectivity index (χ0n) is 19.5. The SMILES string of the molecule is CC1[C@@H]2CC[C@@H]3[C@@H](C[C@H]4[C@H]3C[C@@H](O)[C@H]3C[C@@H](O)CC[C@@]34C)[C@@H]2CN2C[C@H](C)CC[C@@H]12. The summed E-state index contributed by atoms with van der Waals surface area (Å²) in [4.78, 5) is 2.92. The lowest BCUT2D eigenvalue weighted by molar-refractivity contribution is -0.130. The van der Waals surface area contributed by atoms with Crippen LogP contribution in [0.25, 0.3) is 0 Å². The van der Waals surface area contributed by atoms with Crippen LogP contribution in [0, 0.1) is 58.7 Å². The molecule has 0 radical (unpaired) electrons. The van der Waals surface area contributed by atoms with Gasteiger partial charge in [0.25, 0.3) is 0 Å². The molecule has 0 aromatic carbocycles. The molecule has 6 aliphatic rings. The van der Waals surface area contributed by atoms with Crippen LogP contribution >= 0.6 is 0 Å². The summed E-state index contributed by atoms with van der Waals surface area (Å²) in [6.07, 6.45) is 10.7. The van der Waals surface area contributed by atoms with Gasteiger partial charge in [-0.15, -0.1) is 0 Å². The molecule has 4 aliphatic carbocycles. The molecule has 2 N–H and O–H groups in total. The fraction of sp³-hybridized carbons (Fsp3) is 1.00. The average Bonchev–Trinajstić information content (AvgIpc) is 3.09. The maximum atomic E-state index is 11.2. The largest absolute Gasteiger partial charge is 0.393 e. The molecule has 0 bridgehead atoms. The van der Waals surface area contributed by atoms with Gasteiger partial charge in [-0.2, -0.15) is 0 Å². The summed E-state index contributed by atoms with van der Waals surface area (Å²) in [7, 11) is 0. The van der Waals surface area contributed by atoms with Crippen LogP contribution in [-0.4, -0.2) is 46.5 Å². The average molecular weight is 416 g/mol. The zero-order valence-corrected chi connectivity index (χ0v) is 19.5. The Labute approximate surface area is 184 Å². The highest BCUT2D eigenvalue weighted by atomic mass is 16.3. The maximum absolute atomic E-state index is 11.2. The fourth-order valence-corrected chi connectivity index (χ4v) is 10.6. The van der Waals surface area contributed by atoms with Crippen LogP contribution in [0.3, 0.4) is 0 Å². The molecule has 6 fully saturated rings. The Balaban J connectivity index is 1.28. The Morgan fingerprint density at radius 1 is 0.733 bits per heavy atom. The topological polar surface area (TPSA) is 43.7 Å². The Bertz CT molecular complexity index is 665. The monoisotopic (exact) mass is 415 g/mol. The van der Waals surface area contributed by atoms with Crippen molar-refractivity contribution in [1.82, 2.24) is 4.90 Å². The Morgan fingerprint density at radius 2 is 1.53 bits per heavy atom. The van der Waals surface area contributed by atoms with Crippen molar-refractivity contribution in [2.75, 3.05) is 13.1 Å². The number of aliphatic hydroxyl groups excluding tert-OH is 2. The van der Waals surface area contributed by atoms with Gasteiger partial charge in [0, 0.05) is 19.1 Å². The van der Waals surface area contributed by atoms with Crippen molar-refractivity contribution >= 4 is 0 Å². The van der Waals surface area contributed by atoms with Gasteiger partial charge in [-0.3, -0.25) is 4.90 Å². The Morgan fingerprint density at radius 3 is 2.37 bits per heavy atom. The molecule has 13 atom stereocenters. The number of aliphatic hydroxyl groups is 2. The number of hydrogen-bond donors (Lipinski definition) is 2. The van der Waals surface area contributed by atoms with Gasteiger partial charge in [0.1, 0.15) is 0 Å². The molecule has 170 valence electrons. The van der Waals surface area contributed by atoms with Gasteiger partial charge in [-0.05, 0) is 116 Å². The summed E-state index contributed by atoms with van der Waals surface area (Å²) in [6, 6.07) is 0.853. The van der Waals surface area contributed by atoms with Crippen LogP contribution in [-0.2, 0) is 0 Å². The van der Waals surface area contributed by atoms with Gasteiger partial charge in [0.15, 0.2) is 0 Å². The zero-order chi connectivity index (χ0) is 20.8. The molecule has 2 heterocycles. The summed E-state index contributed by atoms with van der Waals surface area (Å²) < 4.78 is 0. The third-order valence-corrected chi connectivity index (χ3v) is 12.0. The van der Waals surface area contributed by atoms with Crippen LogP contribution in [0.4, 0.5) is 0 Å². The molecule has 2 saturated heterocycles. The smallest absolute Gasteiger partial charge is 0.0577 e. The van der Waals surface area contributed by atoms with Crippen molar-refractivity contribution in [3.63, 3.8) is 0 Å². The molecule has 30 heavy (non-hydrogen) atoms. The first-order chi connectivity index (χ1) is 14.4. The van der Waals surface area contributed by atoms with Crippen LogP contribution in [0.2, 0.25) is 0 Å². The number of nitrogens with zero attached hydrogens (tertiary/aromatic N) is 1. The van der Waals surface area contributed by atoms with E-state index < -0.39 is 0 Å². The standard InChI is InChI=1S/C27H45NO2/c1-15-4-7-25-16(2)18-5-6-19-20(22(18)14-28(25)13-15)11-23-21(19)12-26(30)24-10-17(29)8-9-27(23,24)3/h15-26,29-30H,4-14H2,1-3H3/t15-,16?,17+,18+,19-,20-,21+,22-,23+,24-,25+,26-,27-/m1/s1. The van der Waals surface area contributed by atoms with E-state index in [1.165, 1.54) is 45.2 Å². The van der Waals surface area contributed by atoms with Gasteiger partial charge >= 0.3 is 0 Å². The third-order valence-electron chi connectivity index (χ3n) is 12.0. The van der Waals surface area contributed by atoms with E-state index in [4.69, 9.17) is 0 Å². The summed E-state index contributed by atoms with van der Waals surface area (Å²) in [5.74, 6) is 7.22. The Kier molecular flexibility index (Phi) is 4.91. The summed E-state index contributed by atoms with van der Waals surface area (Å²) in [6.45, 7) is 10.3. The molecule has 6 rings (SSSR count). The van der Waals surface area contributed by atoms with E-state index in [2.05, 4.69) is 25.7 Å². The van der Waals surface area contributed by atoms with E-state index in [9.17, 15) is 10.2 Å². The van der Waals surface area contributed by atoms with Gasteiger partial charge in [0.2, 0.25) is 0 Å². The van der Waals surface area contributed by atoms with E-state index in [0.29, 0.717) is 5.92 Å². The van der Waals surface area contributed by atoms with Crippen LogP contribution < -0.4 is 0 Å². The van der Waals surface area contributed by atoms with E-state index in [1.807, 2.05) is 0 Å². The first-order valence-corrected chi connectivity index (χ1v) is 13.5. The number of rotatable bonds is 0. The second-order valence-corrected chi connectivity index (χ2v) is 13.1. The lowest BCUT2D eigenvalue weighted by Gasteiger charge is -2.56. The van der Waals surface area contributed by atoms with Crippen molar-refractivity contribution in [3.8, 4) is 0 Å². The summed E-state index contributed by atoms with van der Waals surface area (Å²) in [5.41, 5.74) is 0.261. The van der Waals surface area contributed by atoms with Crippen molar-refractivity contribution in [3.05, 3.63) is 0 Å². The van der Waals surface area contributed by atoms with Gasteiger partial charge < -0.3 is 10.2 Å². The minimum Gasteiger partial charge on any atom is -0.393 e. The normalized spacial score (nSPS) is 60.7. The van der Waals surface area contributed by atoms with Crippen LogP contribution in [0.1, 0.15) is 78.6 Å². The lowest BCUT2D eigenvalue weighted by atomic mass is 9.51. The highest BCUT2D eigenvalue weighted by Crippen LogP contribution is 2.67. The van der Waals surface area contributed by atoms with E-state index in [-0.39, 0.29) is 17.6 Å². The lowest BCUT2D eigenvalue weighted by Crippen LogP contribution is -2.58. The Hall–Kier alpha value is -0.120. The van der Waals surface area contributed by atoms with E-state index >= 15 is 0 Å². The second kappa shape index (κ2) is 7.19. The molecular weight excluding hydrogens is 370 g/mol. The van der Waals surface area contributed by atoms with Crippen molar-refractivity contribution in [1.29, 1.82) is 0 Å². The molecule has 0 aromatic heterocycles. The summed E-state index contributed by atoms with van der Waals surface area (Å²) in [5, 5.41) is 21.5. The van der Waals surface area contributed by atoms with E-state index in [0.717, 1.165) is 79.1 Å². The molecule has 0 spiro atoms. The van der Waals surface area contributed by atoms with Gasteiger partial charge in [-0.25, -0.2) is 0 Å². The number of hydrogen-bond acceptors (Lipinski definition) is 3. The van der Waals surface area contributed by atoms with Crippen molar-refractivity contribution < 1.29 is 10.2 Å². The maximum Gasteiger partial charge on any atom is 0.0577 e. The van der Waals surface area contributed by atoms with E-state index in [1.54, 1.807) is 0 Å². The van der Waals surface area contributed by atoms with Crippen molar-refractivity contribution in [2.24, 2.45) is 58.7 Å². The predicted octanol–water partition coefficient (Wildman–Crippen LogP) is 4.56. The molecule has 3 nitrogen and oxygen atoms in total. The van der Waals surface area contributed by atoms with Gasteiger partial charge in [-0.1, -0.05) is 20.8 Å². The van der Waals surface area contributed by atoms with Crippen molar-refractivity contribution in [2.45, 2.75) is 96.8 Å². The molecule has 4 saturated carbocycles. The molecule has 3 heteroatoms. The minimum absolute atomic E-state index is 0.180. The fourth-order valence-electron chi connectivity index (χ4n) is 10.6.